The molecule has 1 N–H and O–H groups in total. The first kappa shape index (κ1) is 16.6. The number of rotatable bonds is 2. The first-order valence-corrected chi connectivity index (χ1v) is 7.50. The minimum atomic E-state index is -4.49. The molecule has 10 heteroatoms. The number of H-pyrrole nitrogens is 1. The van der Waals surface area contributed by atoms with Gasteiger partial charge in [0.15, 0.2) is 0 Å². The molecule has 1 aliphatic heterocycles. The van der Waals surface area contributed by atoms with Gasteiger partial charge in [-0.3, -0.25) is 4.79 Å². The van der Waals surface area contributed by atoms with E-state index in [1.165, 1.54) is 6.33 Å². The van der Waals surface area contributed by atoms with Gasteiger partial charge in [-0.25, -0.2) is 5.10 Å². The second-order valence-electron chi connectivity index (χ2n) is 5.28. The Morgan fingerprint density at radius 3 is 2.46 bits per heavy atom. The Hall–Kier alpha value is -2.29. The summed E-state index contributed by atoms with van der Waals surface area (Å²) in [6.07, 6.45) is -3.09. The van der Waals surface area contributed by atoms with Crippen molar-refractivity contribution in [3.05, 3.63) is 40.7 Å². The molecular weight excluding hydrogens is 347 g/mol. The van der Waals surface area contributed by atoms with Crippen molar-refractivity contribution in [1.29, 1.82) is 0 Å². The summed E-state index contributed by atoms with van der Waals surface area (Å²) in [5.74, 6) is 0.237. The van der Waals surface area contributed by atoms with Gasteiger partial charge in [-0.1, -0.05) is 11.6 Å². The summed E-state index contributed by atoms with van der Waals surface area (Å²) in [4.78, 5) is 20.0. The zero-order chi connectivity index (χ0) is 17.3. The smallest absolute Gasteiger partial charge is 0.338 e. The van der Waals surface area contributed by atoms with Gasteiger partial charge >= 0.3 is 6.18 Å². The van der Waals surface area contributed by atoms with E-state index in [0.29, 0.717) is 32.1 Å². The van der Waals surface area contributed by atoms with Gasteiger partial charge in [0.25, 0.3) is 5.91 Å². The van der Waals surface area contributed by atoms with Crippen molar-refractivity contribution < 1.29 is 18.0 Å². The van der Waals surface area contributed by atoms with Gasteiger partial charge in [0.05, 0.1) is 16.1 Å². The third-order valence-corrected chi connectivity index (χ3v) is 4.11. The van der Waals surface area contributed by atoms with Crippen molar-refractivity contribution in [2.24, 2.45) is 0 Å². The van der Waals surface area contributed by atoms with E-state index >= 15 is 0 Å². The van der Waals surface area contributed by atoms with E-state index in [2.05, 4.69) is 15.2 Å². The first-order valence-electron chi connectivity index (χ1n) is 7.12. The molecule has 128 valence electrons. The molecule has 2 aromatic rings. The zero-order valence-electron chi connectivity index (χ0n) is 12.3. The summed E-state index contributed by atoms with van der Waals surface area (Å²) in [5, 5.41) is 6.32. The summed E-state index contributed by atoms with van der Waals surface area (Å²) in [5.41, 5.74) is -0.808. The number of amides is 1. The average molecular weight is 360 g/mol. The molecule has 1 amide bonds. The molecule has 0 atom stereocenters. The Bertz CT molecular complexity index is 727. The Kier molecular flexibility index (Phi) is 4.35. The van der Waals surface area contributed by atoms with E-state index in [0.717, 1.165) is 18.2 Å². The van der Waals surface area contributed by atoms with Crippen molar-refractivity contribution >= 4 is 23.5 Å². The van der Waals surface area contributed by atoms with Crippen LogP contribution in [0.4, 0.5) is 19.1 Å². The summed E-state index contributed by atoms with van der Waals surface area (Å²) < 4.78 is 38.0. The molecule has 0 bridgehead atoms. The zero-order valence-corrected chi connectivity index (χ0v) is 13.1. The number of halogens is 4. The molecule has 1 fully saturated rings. The van der Waals surface area contributed by atoms with Gasteiger partial charge in [-0.2, -0.15) is 23.3 Å². The van der Waals surface area contributed by atoms with E-state index in [-0.39, 0.29) is 16.5 Å². The summed E-state index contributed by atoms with van der Waals surface area (Å²) in [7, 11) is 0. The second kappa shape index (κ2) is 6.31. The number of piperazine rings is 1. The van der Waals surface area contributed by atoms with Crippen molar-refractivity contribution in [3.63, 3.8) is 0 Å². The Morgan fingerprint density at radius 1 is 1.21 bits per heavy atom. The van der Waals surface area contributed by atoms with Crippen LogP contribution in [0.25, 0.3) is 0 Å². The van der Waals surface area contributed by atoms with Gasteiger partial charge in [-0.05, 0) is 18.2 Å². The van der Waals surface area contributed by atoms with E-state index in [1.807, 2.05) is 4.90 Å². The predicted octanol–water partition coefficient (Wildman–Crippen LogP) is 2.44. The number of aromatic nitrogens is 3. The number of hydrogen-bond acceptors (Lipinski definition) is 4. The minimum Gasteiger partial charge on any atom is -0.338 e. The maximum absolute atomic E-state index is 12.7. The van der Waals surface area contributed by atoms with Crippen LogP contribution in [-0.4, -0.2) is 52.2 Å². The highest BCUT2D eigenvalue weighted by Gasteiger charge is 2.32. The van der Waals surface area contributed by atoms with E-state index < -0.39 is 11.7 Å². The molecule has 3 rings (SSSR count). The number of nitrogens with zero attached hydrogens (tertiary/aromatic N) is 4. The molecular formula is C14H13ClF3N5O. The van der Waals surface area contributed by atoms with Crippen molar-refractivity contribution in [3.8, 4) is 0 Å². The highest BCUT2D eigenvalue weighted by atomic mass is 35.5. The van der Waals surface area contributed by atoms with Crippen LogP contribution in [0.3, 0.4) is 0 Å². The lowest BCUT2D eigenvalue weighted by atomic mass is 10.1. The molecule has 0 spiro atoms. The molecule has 6 nitrogen and oxygen atoms in total. The summed E-state index contributed by atoms with van der Waals surface area (Å²) >= 11 is 5.88. The molecule has 24 heavy (non-hydrogen) atoms. The van der Waals surface area contributed by atoms with Crippen LogP contribution in [-0.2, 0) is 6.18 Å². The van der Waals surface area contributed by atoms with Crippen molar-refractivity contribution in [1.82, 2.24) is 20.1 Å². The minimum absolute atomic E-state index is 0.0674. The van der Waals surface area contributed by atoms with Crippen LogP contribution in [0.2, 0.25) is 5.02 Å². The molecule has 1 aromatic carbocycles. The highest BCUT2D eigenvalue weighted by molar-refractivity contribution is 6.33. The van der Waals surface area contributed by atoms with E-state index in [9.17, 15) is 18.0 Å². The predicted molar refractivity (Wildman–Crippen MR) is 81.0 cm³/mol. The molecule has 1 saturated heterocycles. The standard InChI is InChI=1S/C14H13ClF3N5O/c15-11-7-9(14(16,17)18)1-2-10(11)12(24)22-3-5-23(6-4-22)13-19-8-20-21-13/h1-2,7-8H,3-6H2,(H,19,20,21). The number of aromatic amines is 1. The van der Waals surface area contributed by atoms with Gasteiger partial charge in [0.1, 0.15) is 6.33 Å². The topological polar surface area (TPSA) is 65.1 Å². The van der Waals surface area contributed by atoms with Gasteiger partial charge in [0, 0.05) is 26.2 Å². The number of alkyl halides is 3. The van der Waals surface area contributed by atoms with Crippen LogP contribution >= 0.6 is 11.6 Å². The van der Waals surface area contributed by atoms with Crippen LogP contribution in [0, 0.1) is 0 Å². The SMILES string of the molecule is O=C(c1ccc(C(F)(F)F)cc1Cl)N1CCN(c2ncn[nH]2)CC1. The lowest BCUT2D eigenvalue weighted by molar-refractivity contribution is -0.137. The largest absolute Gasteiger partial charge is 0.416 e. The van der Waals surface area contributed by atoms with Crippen LogP contribution in [0.15, 0.2) is 24.5 Å². The van der Waals surface area contributed by atoms with Crippen molar-refractivity contribution in [2.75, 3.05) is 31.1 Å². The van der Waals surface area contributed by atoms with E-state index in [4.69, 9.17) is 11.6 Å². The highest BCUT2D eigenvalue weighted by Crippen LogP contribution is 2.32. The van der Waals surface area contributed by atoms with Crippen LogP contribution < -0.4 is 4.90 Å². The van der Waals surface area contributed by atoms with E-state index in [1.54, 1.807) is 4.90 Å². The Morgan fingerprint density at radius 2 is 1.92 bits per heavy atom. The third-order valence-electron chi connectivity index (χ3n) is 3.80. The average Bonchev–Trinajstić information content (AvgIpc) is 3.08. The fraction of sp³-hybridized carbons (Fsp3) is 0.357. The number of carbonyl (C=O) groups is 1. The first-order chi connectivity index (χ1) is 11.4. The van der Waals surface area contributed by atoms with Gasteiger partial charge in [0.2, 0.25) is 5.95 Å². The van der Waals surface area contributed by atoms with Gasteiger partial charge in [-0.15, -0.1) is 0 Å². The third kappa shape index (κ3) is 3.30. The molecule has 1 aliphatic rings. The molecule has 0 saturated carbocycles. The molecule has 1 aromatic heterocycles. The number of carbonyl (C=O) groups excluding carboxylic acids is 1. The number of anilines is 1. The molecule has 0 radical (unpaired) electrons. The van der Waals surface area contributed by atoms with Crippen molar-refractivity contribution in [2.45, 2.75) is 6.18 Å². The summed E-state index contributed by atoms with van der Waals surface area (Å²) in [6, 6.07) is 2.76. The molecule has 2 heterocycles. The second-order valence-corrected chi connectivity index (χ2v) is 5.69. The Labute approximate surface area is 140 Å². The van der Waals surface area contributed by atoms with Crippen LogP contribution in [0.1, 0.15) is 15.9 Å². The quantitative estimate of drug-likeness (QED) is 0.894. The van der Waals surface area contributed by atoms with Gasteiger partial charge < -0.3 is 9.80 Å². The molecule has 0 aliphatic carbocycles. The fourth-order valence-electron chi connectivity index (χ4n) is 2.51. The number of nitrogens with one attached hydrogen (secondary N) is 1. The normalized spacial score (nSPS) is 15.7. The Balaban J connectivity index is 1.69. The lowest BCUT2D eigenvalue weighted by Gasteiger charge is -2.34. The lowest BCUT2D eigenvalue weighted by Crippen LogP contribution is -2.49. The molecule has 0 unspecified atom stereocenters. The monoisotopic (exact) mass is 359 g/mol. The maximum Gasteiger partial charge on any atom is 0.416 e. The number of benzene rings is 1. The number of hydrogen-bond donors (Lipinski definition) is 1. The fourth-order valence-corrected chi connectivity index (χ4v) is 2.77. The summed E-state index contributed by atoms with van der Waals surface area (Å²) in [6.45, 7) is 1.91. The van der Waals surface area contributed by atoms with Crippen LogP contribution in [0.5, 0.6) is 0 Å². The maximum atomic E-state index is 12.7.